The fraction of sp³-hybridized carbons (Fsp3) is 0.370. The third-order valence-electron chi connectivity index (χ3n) is 5.93. The van der Waals surface area contributed by atoms with E-state index in [1.807, 2.05) is 4.90 Å². The zero-order valence-corrected chi connectivity index (χ0v) is 21.3. The maximum absolute atomic E-state index is 14.7. The van der Waals surface area contributed by atoms with Crippen molar-refractivity contribution in [2.24, 2.45) is 0 Å². The molecular formula is C27H29F4N5O2. The molecule has 0 saturated carbocycles. The van der Waals surface area contributed by atoms with E-state index in [1.54, 1.807) is 39.2 Å². The summed E-state index contributed by atoms with van der Waals surface area (Å²) < 4.78 is 62.8. The van der Waals surface area contributed by atoms with Crippen molar-refractivity contribution in [3.8, 4) is 11.3 Å². The topological polar surface area (TPSA) is 79.4 Å². The van der Waals surface area contributed by atoms with E-state index in [2.05, 4.69) is 20.6 Å². The molecule has 0 bridgehead atoms. The Balaban J connectivity index is 1.49. The largest absolute Gasteiger partial charge is 0.444 e. The molecule has 1 aromatic carbocycles. The number of hydrogen-bond donors (Lipinski definition) is 2. The summed E-state index contributed by atoms with van der Waals surface area (Å²) in [6.45, 7) is 5.89. The number of benzene rings is 1. The standard InChI is InChI=1S/C27H29F4N5O2/c1-27(2,3)38-26(37)35-22-15-36(12-10-17(22)28)23-9-11-32-14-21(23)33-13-16-7-8-20(31)25(34-16)24-18(29)5-4-6-19(24)30/h4-9,11,14,17,22,33H,10,12-13,15H2,1-3H3,(H,35,37)/t17-,22-/m1/s1. The zero-order valence-electron chi connectivity index (χ0n) is 21.3. The minimum absolute atomic E-state index is 0.0984. The van der Waals surface area contributed by atoms with Gasteiger partial charge in [0.2, 0.25) is 0 Å². The lowest BCUT2D eigenvalue weighted by Crippen LogP contribution is -2.54. The summed E-state index contributed by atoms with van der Waals surface area (Å²) in [6, 6.07) is 6.77. The van der Waals surface area contributed by atoms with E-state index in [0.717, 1.165) is 18.2 Å². The van der Waals surface area contributed by atoms with E-state index in [4.69, 9.17) is 4.74 Å². The van der Waals surface area contributed by atoms with Crippen LogP contribution in [0.2, 0.25) is 0 Å². The molecule has 0 radical (unpaired) electrons. The van der Waals surface area contributed by atoms with Gasteiger partial charge in [0.1, 0.15) is 34.9 Å². The molecule has 2 atom stereocenters. The van der Waals surface area contributed by atoms with E-state index in [0.29, 0.717) is 23.6 Å². The highest BCUT2D eigenvalue weighted by molar-refractivity contribution is 5.71. The predicted octanol–water partition coefficient (Wildman–Crippen LogP) is 5.61. The molecule has 0 unspecified atom stereocenters. The van der Waals surface area contributed by atoms with Crippen LogP contribution in [0.15, 0.2) is 48.8 Å². The minimum atomic E-state index is -1.24. The smallest absolute Gasteiger partial charge is 0.408 e. The van der Waals surface area contributed by atoms with Gasteiger partial charge >= 0.3 is 6.09 Å². The van der Waals surface area contributed by atoms with Crippen molar-refractivity contribution in [1.29, 1.82) is 0 Å². The van der Waals surface area contributed by atoms with Crippen LogP contribution < -0.4 is 15.5 Å². The summed E-state index contributed by atoms with van der Waals surface area (Å²) in [4.78, 5) is 22.4. The molecule has 4 rings (SSSR count). The van der Waals surface area contributed by atoms with Gasteiger partial charge in [-0.05, 0) is 57.5 Å². The van der Waals surface area contributed by atoms with Gasteiger partial charge in [-0.15, -0.1) is 0 Å². The Kier molecular flexibility index (Phi) is 8.03. The van der Waals surface area contributed by atoms with Crippen LogP contribution in [0.25, 0.3) is 11.3 Å². The van der Waals surface area contributed by atoms with Crippen LogP contribution in [0.5, 0.6) is 0 Å². The molecule has 202 valence electrons. The number of carbonyl (C=O) groups is 1. The molecule has 38 heavy (non-hydrogen) atoms. The van der Waals surface area contributed by atoms with Crippen LogP contribution in [0.1, 0.15) is 32.9 Å². The number of carbonyl (C=O) groups excluding carboxylic acids is 1. The molecule has 2 aromatic heterocycles. The number of aromatic nitrogens is 2. The van der Waals surface area contributed by atoms with Crippen LogP contribution in [-0.4, -0.2) is 47.0 Å². The molecule has 1 fully saturated rings. The minimum Gasteiger partial charge on any atom is -0.444 e. The average molecular weight is 532 g/mol. The molecule has 2 N–H and O–H groups in total. The number of ether oxygens (including phenoxy) is 1. The first kappa shape index (κ1) is 27.2. The van der Waals surface area contributed by atoms with Crippen LogP contribution in [0.4, 0.5) is 33.7 Å². The highest BCUT2D eigenvalue weighted by atomic mass is 19.1. The van der Waals surface area contributed by atoms with Gasteiger partial charge in [0.15, 0.2) is 0 Å². The second-order valence-corrected chi connectivity index (χ2v) is 9.98. The van der Waals surface area contributed by atoms with Crippen molar-refractivity contribution in [1.82, 2.24) is 15.3 Å². The fourth-order valence-corrected chi connectivity index (χ4v) is 4.20. The number of piperidine rings is 1. The van der Waals surface area contributed by atoms with Gasteiger partial charge in [0.05, 0.1) is 41.4 Å². The summed E-state index contributed by atoms with van der Waals surface area (Å²) in [5.41, 5.74) is -0.0284. The average Bonchev–Trinajstić information content (AvgIpc) is 2.84. The van der Waals surface area contributed by atoms with Gasteiger partial charge in [-0.1, -0.05) is 6.07 Å². The summed E-state index contributed by atoms with van der Waals surface area (Å²) in [7, 11) is 0. The number of alkyl carbamates (subject to hydrolysis) is 1. The van der Waals surface area contributed by atoms with Gasteiger partial charge < -0.3 is 20.3 Å². The van der Waals surface area contributed by atoms with Crippen LogP contribution in [0, 0.1) is 17.5 Å². The van der Waals surface area contributed by atoms with E-state index < -0.39 is 52.6 Å². The molecule has 3 aromatic rings. The number of halogens is 4. The summed E-state index contributed by atoms with van der Waals surface area (Å²) in [5.74, 6) is -2.68. The van der Waals surface area contributed by atoms with Crippen molar-refractivity contribution in [2.45, 2.75) is 51.6 Å². The summed E-state index contributed by atoms with van der Waals surface area (Å²) in [6.07, 6.45) is 1.43. The van der Waals surface area contributed by atoms with Crippen molar-refractivity contribution in [2.75, 3.05) is 23.3 Å². The molecule has 0 spiro atoms. The lowest BCUT2D eigenvalue weighted by atomic mass is 10.0. The highest BCUT2D eigenvalue weighted by Crippen LogP contribution is 2.30. The van der Waals surface area contributed by atoms with Gasteiger partial charge in [0, 0.05) is 19.3 Å². The number of nitrogens with zero attached hydrogens (tertiary/aromatic N) is 3. The maximum Gasteiger partial charge on any atom is 0.408 e. The Morgan fingerprint density at radius 3 is 2.55 bits per heavy atom. The Morgan fingerprint density at radius 1 is 1.11 bits per heavy atom. The third-order valence-corrected chi connectivity index (χ3v) is 5.93. The molecule has 3 heterocycles. The first-order valence-corrected chi connectivity index (χ1v) is 12.2. The molecule has 1 saturated heterocycles. The third kappa shape index (κ3) is 6.51. The van der Waals surface area contributed by atoms with Gasteiger partial charge in [-0.2, -0.15) is 0 Å². The van der Waals surface area contributed by atoms with Crippen LogP contribution in [0.3, 0.4) is 0 Å². The van der Waals surface area contributed by atoms with E-state index in [9.17, 15) is 22.4 Å². The lowest BCUT2D eigenvalue weighted by Gasteiger charge is -2.37. The molecule has 7 nitrogen and oxygen atoms in total. The number of nitrogens with one attached hydrogen (secondary N) is 2. The highest BCUT2D eigenvalue weighted by Gasteiger charge is 2.32. The normalized spacial score (nSPS) is 17.7. The van der Waals surface area contributed by atoms with E-state index >= 15 is 0 Å². The molecule has 0 aliphatic carbocycles. The first-order chi connectivity index (χ1) is 18.0. The van der Waals surface area contributed by atoms with Crippen LogP contribution in [-0.2, 0) is 11.3 Å². The van der Waals surface area contributed by atoms with E-state index in [1.165, 1.54) is 12.1 Å². The molecule has 1 aliphatic rings. The maximum atomic E-state index is 14.7. The Labute approximate surface area is 218 Å². The number of rotatable bonds is 6. The lowest BCUT2D eigenvalue weighted by molar-refractivity contribution is 0.0466. The van der Waals surface area contributed by atoms with Gasteiger partial charge in [-0.3, -0.25) is 4.98 Å². The summed E-state index contributed by atoms with van der Waals surface area (Å²) in [5, 5.41) is 5.79. The Morgan fingerprint density at radius 2 is 1.84 bits per heavy atom. The number of anilines is 2. The van der Waals surface area contributed by atoms with Gasteiger partial charge in [0.25, 0.3) is 0 Å². The quantitative estimate of drug-likeness (QED) is 0.403. The van der Waals surface area contributed by atoms with Crippen molar-refractivity contribution >= 4 is 17.5 Å². The molecular weight excluding hydrogens is 502 g/mol. The Hall–Kier alpha value is -3.89. The second kappa shape index (κ2) is 11.2. The zero-order chi connectivity index (χ0) is 27.4. The number of pyridine rings is 2. The van der Waals surface area contributed by atoms with Crippen molar-refractivity contribution in [3.05, 3.63) is 71.9 Å². The predicted molar refractivity (Wildman–Crippen MR) is 136 cm³/mol. The molecule has 1 aliphatic heterocycles. The van der Waals surface area contributed by atoms with Crippen molar-refractivity contribution in [3.63, 3.8) is 0 Å². The Bertz CT molecular complexity index is 1280. The second-order valence-electron chi connectivity index (χ2n) is 9.98. The molecule has 1 amide bonds. The van der Waals surface area contributed by atoms with Crippen LogP contribution >= 0.6 is 0 Å². The number of alkyl halides is 1. The molecule has 11 heteroatoms. The number of hydrogen-bond acceptors (Lipinski definition) is 6. The van der Waals surface area contributed by atoms with Gasteiger partial charge in [-0.25, -0.2) is 27.3 Å². The van der Waals surface area contributed by atoms with E-state index in [-0.39, 0.29) is 19.5 Å². The number of amides is 1. The van der Waals surface area contributed by atoms with Crippen molar-refractivity contribution < 1.29 is 27.1 Å². The fourth-order valence-electron chi connectivity index (χ4n) is 4.20. The SMILES string of the molecule is CC(C)(C)OC(=O)N[C@@H]1CN(c2ccncc2NCc2ccc(F)c(-c3c(F)cccc3F)n2)CC[C@H]1F. The monoisotopic (exact) mass is 531 g/mol. The summed E-state index contributed by atoms with van der Waals surface area (Å²) >= 11 is 0. The first-order valence-electron chi connectivity index (χ1n) is 12.2.